The van der Waals surface area contributed by atoms with E-state index in [-0.39, 0.29) is 5.52 Å². The van der Waals surface area contributed by atoms with E-state index in [9.17, 15) is 13.2 Å². The van der Waals surface area contributed by atoms with Crippen molar-refractivity contribution in [2.75, 3.05) is 0 Å². The van der Waals surface area contributed by atoms with Gasteiger partial charge in [0.05, 0.1) is 11.1 Å². The molecule has 0 aliphatic heterocycles. The number of hydrogen-bond acceptors (Lipinski definition) is 1. The molecule has 1 nitrogen and oxygen atoms in total. The topological polar surface area (TPSA) is 12.9 Å². The Labute approximate surface area is 78.2 Å². The maximum Gasteiger partial charge on any atom is 0.418 e. The number of benzene rings is 1. The van der Waals surface area contributed by atoms with Crippen molar-refractivity contribution in [3.63, 3.8) is 0 Å². The number of nitrogens with zero attached hydrogens (tertiary/aromatic N) is 1. The summed E-state index contributed by atoms with van der Waals surface area (Å²) >= 11 is 0. The average Bonchev–Trinajstić information content (AvgIpc) is 2.15. The highest BCUT2D eigenvalue weighted by Gasteiger charge is 2.32. The quantitative estimate of drug-likeness (QED) is 0.631. The summed E-state index contributed by atoms with van der Waals surface area (Å²) in [4.78, 5) is 3.67. The molecule has 1 heterocycles. The van der Waals surface area contributed by atoms with Gasteiger partial charge in [-0.2, -0.15) is 13.2 Å². The van der Waals surface area contributed by atoms with Gasteiger partial charge in [0, 0.05) is 17.6 Å². The highest BCUT2D eigenvalue weighted by molar-refractivity contribution is 5.81. The third-order valence-electron chi connectivity index (χ3n) is 1.88. The third kappa shape index (κ3) is 1.43. The Bertz CT molecular complexity index is 457. The van der Waals surface area contributed by atoms with Crippen LogP contribution in [0.4, 0.5) is 13.2 Å². The normalized spacial score (nSPS) is 11.9. The van der Waals surface area contributed by atoms with Crippen LogP contribution in [0.3, 0.4) is 0 Å². The summed E-state index contributed by atoms with van der Waals surface area (Å²) in [5.74, 6) is 0. The van der Waals surface area contributed by atoms with Crippen LogP contribution in [0.2, 0.25) is 0 Å². The fourth-order valence-corrected chi connectivity index (χ4v) is 1.28. The standard InChI is InChI=1S/C10H5F3N/c11-10(12,13)8-5-1-3-7-4-2-6-14-9(7)8/h1,3-6H. The Morgan fingerprint density at radius 2 is 2.00 bits per heavy atom. The van der Waals surface area contributed by atoms with Gasteiger partial charge in [0.25, 0.3) is 0 Å². The van der Waals surface area contributed by atoms with Crippen LogP contribution < -0.4 is 0 Å². The molecule has 0 aliphatic rings. The lowest BCUT2D eigenvalue weighted by molar-refractivity contribution is -0.136. The molecule has 1 aromatic heterocycles. The Morgan fingerprint density at radius 3 is 2.71 bits per heavy atom. The van der Waals surface area contributed by atoms with Crippen LogP contribution >= 0.6 is 0 Å². The lowest BCUT2D eigenvalue weighted by Crippen LogP contribution is -2.06. The van der Waals surface area contributed by atoms with E-state index in [4.69, 9.17) is 0 Å². The molecule has 4 heteroatoms. The molecule has 0 aliphatic carbocycles. The van der Waals surface area contributed by atoms with E-state index in [1.165, 1.54) is 18.3 Å². The predicted octanol–water partition coefficient (Wildman–Crippen LogP) is 3.05. The second-order valence-corrected chi connectivity index (χ2v) is 2.81. The summed E-state index contributed by atoms with van der Waals surface area (Å²) in [6.07, 6.45) is -3.12. The van der Waals surface area contributed by atoms with Crippen LogP contribution in [0.5, 0.6) is 0 Å². The molecule has 0 saturated carbocycles. The summed E-state index contributed by atoms with van der Waals surface area (Å²) in [5.41, 5.74) is -0.734. The van der Waals surface area contributed by atoms with Gasteiger partial charge >= 0.3 is 6.18 Å². The van der Waals surface area contributed by atoms with Gasteiger partial charge in [0.1, 0.15) is 0 Å². The molecule has 2 rings (SSSR count). The zero-order valence-electron chi connectivity index (χ0n) is 6.97. The summed E-state index contributed by atoms with van der Waals surface area (Å²) in [7, 11) is 0. The van der Waals surface area contributed by atoms with Crippen LogP contribution in [-0.4, -0.2) is 4.98 Å². The number of pyridine rings is 1. The van der Waals surface area contributed by atoms with Gasteiger partial charge in [-0.25, -0.2) is 0 Å². The van der Waals surface area contributed by atoms with Gasteiger partial charge in [-0.1, -0.05) is 12.1 Å². The molecule has 0 saturated heterocycles. The molecule has 0 N–H and O–H groups in total. The van der Waals surface area contributed by atoms with E-state index < -0.39 is 11.7 Å². The van der Waals surface area contributed by atoms with Gasteiger partial charge in [-0.3, -0.25) is 4.98 Å². The SMILES string of the molecule is FC(F)(F)c1cccc2c[c]cnc12. The maximum absolute atomic E-state index is 12.5. The van der Waals surface area contributed by atoms with Crippen molar-refractivity contribution in [1.29, 1.82) is 0 Å². The Balaban J connectivity index is 2.78. The summed E-state index contributed by atoms with van der Waals surface area (Å²) in [6.45, 7) is 0. The van der Waals surface area contributed by atoms with Crippen molar-refractivity contribution in [3.8, 4) is 0 Å². The van der Waals surface area contributed by atoms with Crippen LogP contribution in [0, 0.1) is 6.07 Å². The monoisotopic (exact) mass is 196 g/mol. The zero-order valence-corrected chi connectivity index (χ0v) is 6.97. The van der Waals surface area contributed by atoms with Crippen molar-refractivity contribution >= 4 is 10.9 Å². The smallest absolute Gasteiger partial charge is 0.255 e. The molecular formula is C10H5F3N. The van der Waals surface area contributed by atoms with Gasteiger partial charge in [-0.15, -0.1) is 0 Å². The lowest BCUT2D eigenvalue weighted by Gasteiger charge is -2.08. The molecular weight excluding hydrogens is 191 g/mol. The van der Waals surface area contributed by atoms with Crippen molar-refractivity contribution in [1.82, 2.24) is 4.98 Å². The van der Waals surface area contributed by atoms with E-state index in [1.54, 1.807) is 6.07 Å². The molecule has 0 unspecified atom stereocenters. The minimum atomic E-state index is -4.35. The molecule has 1 radical (unpaired) electrons. The van der Waals surface area contributed by atoms with E-state index >= 15 is 0 Å². The highest BCUT2D eigenvalue weighted by atomic mass is 19.4. The number of alkyl halides is 3. The Kier molecular flexibility index (Phi) is 1.91. The van der Waals surface area contributed by atoms with E-state index in [2.05, 4.69) is 11.1 Å². The summed E-state index contributed by atoms with van der Waals surface area (Å²) in [5, 5.41) is 0.447. The molecule has 14 heavy (non-hydrogen) atoms. The minimum Gasteiger partial charge on any atom is -0.255 e. The third-order valence-corrected chi connectivity index (χ3v) is 1.88. The first-order chi connectivity index (χ1) is 6.59. The second-order valence-electron chi connectivity index (χ2n) is 2.81. The number of aromatic nitrogens is 1. The summed E-state index contributed by atoms with van der Waals surface area (Å²) < 4.78 is 37.4. The molecule has 0 atom stereocenters. The number of hydrogen-bond donors (Lipinski definition) is 0. The van der Waals surface area contributed by atoms with Crippen molar-refractivity contribution < 1.29 is 13.2 Å². The second kappa shape index (κ2) is 2.97. The first kappa shape index (κ1) is 8.99. The molecule has 0 amide bonds. The molecule has 0 spiro atoms. The number of fused-ring (bicyclic) bond motifs is 1. The number of para-hydroxylation sites is 1. The van der Waals surface area contributed by atoms with Crippen LogP contribution in [0.25, 0.3) is 10.9 Å². The lowest BCUT2D eigenvalue weighted by atomic mass is 10.1. The highest BCUT2D eigenvalue weighted by Crippen LogP contribution is 2.33. The number of halogens is 3. The summed E-state index contributed by atoms with van der Waals surface area (Å²) in [6, 6.07) is 8.08. The van der Waals surface area contributed by atoms with Crippen molar-refractivity contribution in [3.05, 3.63) is 42.1 Å². The number of rotatable bonds is 0. The molecule has 1 aromatic carbocycles. The van der Waals surface area contributed by atoms with Gasteiger partial charge in [-0.05, 0) is 12.1 Å². The maximum atomic E-state index is 12.5. The Morgan fingerprint density at radius 1 is 1.21 bits per heavy atom. The van der Waals surface area contributed by atoms with Crippen molar-refractivity contribution in [2.24, 2.45) is 0 Å². The van der Waals surface area contributed by atoms with E-state index in [0.717, 1.165) is 6.07 Å². The van der Waals surface area contributed by atoms with Gasteiger partial charge < -0.3 is 0 Å². The molecule has 2 aromatic rings. The molecule has 0 bridgehead atoms. The van der Waals surface area contributed by atoms with Gasteiger partial charge in [0.2, 0.25) is 0 Å². The van der Waals surface area contributed by atoms with E-state index in [0.29, 0.717) is 5.39 Å². The van der Waals surface area contributed by atoms with Gasteiger partial charge in [0.15, 0.2) is 0 Å². The predicted molar refractivity (Wildman–Crippen MR) is 45.6 cm³/mol. The average molecular weight is 196 g/mol. The first-order valence-corrected chi connectivity index (χ1v) is 3.91. The minimum absolute atomic E-state index is 0.0289. The van der Waals surface area contributed by atoms with Crippen molar-refractivity contribution in [2.45, 2.75) is 6.18 Å². The largest absolute Gasteiger partial charge is 0.418 e. The van der Waals surface area contributed by atoms with E-state index in [1.807, 2.05) is 0 Å². The first-order valence-electron chi connectivity index (χ1n) is 3.91. The fraction of sp³-hybridized carbons (Fsp3) is 0.100. The zero-order chi connectivity index (χ0) is 10.2. The van der Waals surface area contributed by atoms with Crippen LogP contribution in [0.1, 0.15) is 5.56 Å². The van der Waals surface area contributed by atoms with Crippen LogP contribution in [-0.2, 0) is 6.18 Å². The molecule has 0 fully saturated rings. The fourth-order valence-electron chi connectivity index (χ4n) is 1.28. The molecule has 71 valence electrons. The van der Waals surface area contributed by atoms with Crippen LogP contribution in [0.15, 0.2) is 30.5 Å². The Hall–Kier alpha value is -1.58.